The summed E-state index contributed by atoms with van der Waals surface area (Å²) in [6, 6.07) is 2.97. The summed E-state index contributed by atoms with van der Waals surface area (Å²) in [6.45, 7) is 1.56. The standard InChI is InChI=1S/C19H19ClF3NO5/c20-14-5-12(19(21,22)23)1-2-15(14)27-7-11-3-13(4-11)29-17(26)24-8-18(9-24)6-16(25)28-10-18/h1-2,5,11,13H,3-4,6-10H2. The van der Waals surface area contributed by atoms with Gasteiger partial charge < -0.3 is 19.1 Å². The molecule has 1 aliphatic carbocycles. The highest BCUT2D eigenvalue weighted by atomic mass is 35.5. The molecular weight excluding hydrogens is 415 g/mol. The summed E-state index contributed by atoms with van der Waals surface area (Å²) >= 11 is 5.87. The number of halogens is 4. The number of benzene rings is 1. The number of carbonyl (C=O) groups excluding carboxylic acids is 2. The highest BCUT2D eigenvalue weighted by molar-refractivity contribution is 6.32. The molecule has 10 heteroatoms. The molecule has 29 heavy (non-hydrogen) atoms. The van der Waals surface area contributed by atoms with E-state index in [4.69, 9.17) is 25.8 Å². The molecule has 3 fully saturated rings. The second-order valence-electron chi connectivity index (χ2n) is 7.99. The first-order chi connectivity index (χ1) is 13.6. The summed E-state index contributed by atoms with van der Waals surface area (Å²) in [5.74, 6) is 0.0991. The fourth-order valence-electron chi connectivity index (χ4n) is 3.86. The number of hydrogen-bond acceptors (Lipinski definition) is 5. The third-order valence-corrected chi connectivity index (χ3v) is 5.86. The van der Waals surface area contributed by atoms with Gasteiger partial charge in [-0.3, -0.25) is 4.79 Å². The molecule has 0 atom stereocenters. The van der Waals surface area contributed by atoms with E-state index in [0.29, 0.717) is 39.0 Å². The molecule has 1 spiro atoms. The molecule has 2 heterocycles. The van der Waals surface area contributed by atoms with Crippen LogP contribution < -0.4 is 4.74 Å². The number of alkyl halides is 3. The number of likely N-dealkylation sites (tertiary alicyclic amines) is 1. The summed E-state index contributed by atoms with van der Waals surface area (Å²) in [5.41, 5.74) is -1.07. The van der Waals surface area contributed by atoms with Crippen molar-refractivity contribution >= 4 is 23.7 Å². The monoisotopic (exact) mass is 433 g/mol. The van der Waals surface area contributed by atoms with E-state index in [9.17, 15) is 22.8 Å². The molecule has 1 aromatic carbocycles. The van der Waals surface area contributed by atoms with E-state index in [1.165, 1.54) is 6.07 Å². The van der Waals surface area contributed by atoms with Crippen LogP contribution in [0.2, 0.25) is 5.02 Å². The van der Waals surface area contributed by atoms with Crippen molar-refractivity contribution in [3.05, 3.63) is 28.8 Å². The summed E-state index contributed by atoms with van der Waals surface area (Å²) in [5, 5.41) is -0.0942. The zero-order valence-corrected chi connectivity index (χ0v) is 16.1. The lowest BCUT2D eigenvalue weighted by Gasteiger charge is -2.46. The molecular formula is C19H19ClF3NO5. The molecule has 0 N–H and O–H groups in total. The normalized spacial score (nSPS) is 25.2. The number of esters is 1. The Morgan fingerprint density at radius 2 is 2.03 bits per heavy atom. The van der Waals surface area contributed by atoms with Gasteiger partial charge in [0.05, 0.1) is 29.0 Å². The van der Waals surface area contributed by atoms with Gasteiger partial charge in [0.15, 0.2) is 0 Å². The topological polar surface area (TPSA) is 65.1 Å². The lowest BCUT2D eigenvalue weighted by molar-refractivity contribution is -0.138. The SMILES string of the molecule is O=C1CC2(CO1)CN(C(=O)OC1CC(COc3ccc(C(F)(F)F)cc3Cl)C1)C2. The maximum atomic E-state index is 12.6. The molecule has 0 radical (unpaired) electrons. The molecule has 1 amide bonds. The van der Waals surface area contributed by atoms with Crippen LogP contribution in [0.1, 0.15) is 24.8 Å². The van der Waals surface area contributed by atoms with Gasteiger partial charge in [-0.1, -0.05) is 11.6 Å². The van der Waals surface area contributed by atoms with Gasteiger partial charge in [-0.2, -0.15) is 13.2 Å². The van der Waals surface area contributed by atoms with Crippen LogP contribution in [0.25, 0.3) is 0 Å². The summed E-state index contributed by atoms with van der Waals surface area (Å²) in [6.07, 6.45) is -3.49. The van der Waals surface area contributed by atoms with E-state index in [1.807, 2.05) is 0 Å². The van der Waals surface area contributed by atoms with Gasteiger partial charge in [0.25, 0.3) is 0 Å². The smallest absolute Gasteiger partial charge is 0.416 e. The minimum atomic E-state index is -4.45. The first kappa shape index (κ1) is 20.1. The molecule has 2 saturated heterocycles. The van der Waals surface area contributed by atoms with Crippen molar-refractivity contribution in [1.82, 2.24) is 4.90 Å². The van der Waals surface area contributed by atoms with Gasteiger partial charge in [0, 0.05) is 13.1 Å². The van der Waals surface area contributed by atoms with E-state index in [0.717, 1.165) is 12.1 Å². The van der Waals surface area contributed by atoms with Crippen LogP contribution in [0.15, 0.2) is 18.2 Å². The van der Waals surface area contributed by atoms with Crippen molar-refractivity contribution in [1.29, 1.82) is 0 Å². The zero-order chi connectivity index (χ0) is 20.8. The molecule has 1 aromatic rings. The second kappa shape index (κ2) is 7.27. The van der Waals surface area contributed by atoms with E-state index in [2.05, 4.69) is 0 Å². The number of nitrogens with zero attached hydrogens (tertiary/aromatic N) is 1. The van der Waals surface area contributed by atoms with E-state index >= 15 is 0 Å². The Morgan fingerprint density at radius 1 is 1.31 bits per heavy atom. The van der Waals surface area contributed by atoms with Gasteiger partial charge >= 0.3 is 18.2 Å². The van der Waals surface area contributed by atoms with Gasteiger partial charge in [0.1, 0.15) is 18.5 Å². The molecule has 3 aliphatic rings. The largest absolute Gasteiger partial charge is 0.492 e. The van der Waals surface area contributed by atoms with Gasteiger partial charge in [-0.25, -0.2) is 4.79 Å². The molecule has 4 rings (SSSR count). The Kier molecular flexibility index (Phi) is 5.04. The van der Waals surface area contributed by atoms with Crippen molar-refractivity contribution in [2.75, 3.05) is 26.3 Å². The van der Waals surface area contributed by atoms with Crippen LogP contribution >= 0.6 is 11.6 Å². The fraction of sp³-hybridized carbons (Fsp3) is 0.579. The summed E-state index contributed by atoms with van der Waals surface area (Å²) < 4.78 is 53.9. The van der Waals surface area contributed by atoms with Crippen molar-refractivity contribution in [3.8, 4) is 5.75 Å². The van der Waals surface area contributed by atoms with Crippen LogP contribution in [0.3, 0.4) is 0 Å². The lowest BCUT2D eigenvalue weighted by Crippen LogP contribution is -2.59. The minimum absolute atomic E-state index is 0.0942. The van der Waals surface area contributed by atoms with Crippen LogP contribution in [0.5, 0.6) is 5.75 Å². The van der Waals surface area contributed by atoms with Crippen LogP contribution in [-0.4, -0.2) is 49.4 Å². The molecule has 158 valence electrons. The fourth-order valence-corrected chi connectivity index (χ4v) is 4.10. The maximum absolute atomic E-state index is 12.6. The quantitative estimate of drug-likeness (QED) is 0.674. The third-order valence-electron chi connectivity index (χ3n) is 5.56. The van der Waals surface area contributed by atoms with Crippen molar-refractivity contribution in [2.45, 2.75) is 31.5 Å². The number of cyclic esters (lactones) is 1. The predicted octanol–water partition coefficient (Wildman–Crippen LogP) is 3.90. The Hall–Kier alpha value is -2.16. The molecule has 6 nitrogen and oxygen atoms in total. The molecule has 0 unspecified atom stereocenters. The van der Waals surface area contributed by atoms with Crippen LogP contribution in [-0.2, 0) is 20.4 Å². The van der Waals surface area contributed by atoms with Crippen LogP contribution in [0.4, 0.5) is 18.0 Å². The minimum Gasteiger partial charge on any atom is -0.492 e. The first-order valence-corrected chi connectivity index (χ1v) is 9.62. The Balaban J connectivity index is 1.17. The number of ether oxygens (including phenoxy) is 3. The predicted molar refractivity (Wildman–Crippen MR) is 94.5 cm³/mol. The highest BCUT2D eigenvalue weighted by Crippen LogP contribution is 2.40. The Bertz CT molecular complexity index is 819. The number of rotatable bonds is 4. The molecule has 2 aliphatic heterocycles. The van der Waals surface area contributed by atoms with E-state index in [-0.39, 0.29) is 40.8 Å². The average molecular weight is 434 g/mol. The number of amides is 1. The van der Waals surface area contributed by atoms with Crippen molar-refractivity contribution in [3.63, 3.8) is 0 Å². The number of carbonyl (C=O) groups is 2. The van der Waals surface area contributed by atoms with E-state index in [1.54, 1.807) is 4.90 Å². The van der Waals surface area contributed by atoms with Gasteiger partial charge in [0.2, 0.25) is 0 Å². The van der Waals surface area contributed by atoms with Gasteiger partial charge in [-0.15, -0.1) is 0 Å². The van der Waals surface area contributed by atoms with Crippen molar-refractivity contribution in [2.24, 2.45) is 11.3 Å². The maximum Gasteiger partial charge on any atom is 0.416 e. The number of hydrogen-bond donors (Lipinski definition) is 0. The Labute approximate surface area is 169 Å². The average Bonchev–Trinajstić information content (AvgIpc) is 2.97. The Morgan fingerprint density at radius 3 is 2.62 bits per heavy atom. The summed E-state index contributed by atoms with van der Waals surface area (Å²) in [7, 11) is 0. The molecule has 1 saturated carbocycles. The zero-order valence-electron chi connectivity index (χ0n) is 15.3. The second-order valence-corrected chi connectivity index (χ2v) is 8.40. The van der Waals surface area contributed by atoms with Crippen molar-refractivity contribution < 1.29 is 37.0 Å². The molecule has 0 aromatic heterocycles. The van der Waals surface area contributed by atoms with E-state index < -0.39 is 17.8 Å². The molecule has 0 bridgehead atoms. The summed E-state index contributed by atoms with van der Waals surface area (Å²) in [4.78, 5) is 24.9. The highest BCUT2D eigenvalue weighted by Gasteiger charge is 2.52. The third kappa shape index (κ3) is 4.24. The lowest BCUT2D eigenvalue weighted by atomic mass is 9.79. The first-order valence-electron chi connectivity index (χ1n) is 9.24. The van der Waals surface area contributed by atoms with Crippen LogP contribution in [0, 0.1) is 11.3 Å². The van der Waals surface area contributed by atoms with Gasteiger partial charge in [-0.05, 0) is 37.0 Å².